The van der Waals surface area contributed by atoms with Crippen molar-refractivity contribution in [3.63, 3.8) is 0 Å². The van der Waals surface area contributed by atoms with Crippen molar-refractivity contribution in [1.82, 2.24) is 15.2 Å². The number of rotatable bonds is 6. The molecule has 19 heavy (non-hydrogen) atoms. The molecule has 4 nitrogen and oxygen atoms in total. The van der Waals surface area contributed by atoms with Crippen molar-refractivity contribution in [2.75, 3.05) is 26.7 Å². The van der Waals surface area contributed by atoms with Gasteiger partial charge in [-0.15, -0.1) is 0 Å². The van der Waals surface area contributed by atoms with Gasteiger partial charge in [-0.1, -0.05) is 19.4 Å². The summed E-state index contributed by atoms with van der Waals surface area (Å²) in [6, 6.07) is 6.61. The van der Waals surface area contributed by atoms with Gasteiger partial charge in [-0.05, 0) is 32.0 Å². The van der Waals surface area contributed by atoms with E-state index in [1.807, 2.05) is 12.1 Å². The Bertz CT molecular complexity index is 377. The number of pyridine rings is 1. The van der Waals surface area contributed by atoms with Crippen molar-refractivity contribution in [1.29, 1.82) is 0 Å². The molecule has 0 radical (unpaired) electrons. The van der Waals surface area contributed by atoms with Crippen LogP contribution < -0.4 is 10.1 Å². The van der Waals surface area contributed by atoms with Crippen LogP contribution in [0.3, 0.4) is 0 Å². The Morgan fingerprint density at radius 1 is 1.42 bits per heavy atom. The fourth-order valence-electron chi connectivity index (χ4n) is 2.59. The van der Waals surface area contributed by atoms with Crippen LogP contribution in [0, 0.1) is 0 Å². The number of methoxy groups -OCH3 is 1. The van der Waals surface area contributed by atoms with E-state index in [1.54, 1.807) is 7.11 Å². The molecular formula is C15H25N3O. The molecule has 0 amide bonds. The summed E-state index contributed by atoms with van der Waals surface area (Å²) in [5.41, 5.74) is 1.08. The molecule has 1 saturated heterocycles. The average Bonchev–Trinajstić information content (AvgIpc) is 2.48. The number of hydrogen-bond donors (Lipinski definition) is 1. The summed E-state index contributed by atoms with van der Waals surface area (Å²) in [5, 5.41) is 3.61. The Kier molecular flexibility index (Phi) is 5.61. The molecule has 2 heterocycles. The molecule has 1 aliphatic rings. The first-order chi connectivity index (χ1) is 9.31. The second kappa shape index (κ2) is 7.46. The number of nitrogens with one attached hydrogen (secondary N) is 1. The van der Waals surface area contributed by atoms with Gasteiger partial charge < -0.3 is 10.1 Å². The first-order valence-corrected chi connectivity index (χ1v) is 7.27. The number of hydrogen-bond acceptors (Lipinski definition) is 4. The second-order valence-electron chi connectivity index (χ2n) is 5.15. The number of nitrogens with zero attached hydrogens (tertiary/aromatic N) is 2. The summed E-state index contributed by atoms with van der Waals surface area (Å²) >= 11 is 0. The smallest absolute Gasteiger partial charge is 0.213 e. The fourth-order valence-corrected chi connectivity index (χ4v) is 2.59. The van der Waals surface area contributed by atoms with Gasteiger partial charge in [0.15, 0.2) is 0 Å². The first kappa shape index (κ1) is 14.3. The second-order valence-corrected chi connectivity index (χ2v) is 5.15. The van der Waals surface area contributed by atoms with Crippen LogP contribution in [-0.4, -0.2) is 42.7 Å². The van der Waals surface area contributed by atoms with E-state index >= 15 is 0 Å². The zero-order valence-electron chi connectivity index (χ0n) is 12.1. The number of likely N-dealkylation sites (N-methyl/N-ethyl adjacent to an activating group) is 1. The van der Waals surface area contributed by atoms with Gasteiger partial charge in [0.2, 0.25) is 5.88 Å². The maximum atomic E-state index is 5.18. The minimum atomic E-state index is 0.638. The van der Waals surface area contributed by atoms with Gasteiger partial charge in [0.05, 0.1) is 12.8 Å². The molecule has 0 spiro atoms. The van der Waals surface area contributed by atoms with Gasteiger partial charge >= 0.3 is 0 Å². The quantitative estimate of drug-likeness (QED) is 0.852. The summed E-state index contributed by atoms with van der Waals surface area (Å²) in [6.07, 6.45) is 3.97. The zero-order valence-corrected chi connectivity index (χ0v) is 12.1. The number of aromatic nitrogens is 1. The normalized spacial score (nSPS) is 19.6. The van der Waals surface area contributed by atoms with Crippen LogP contribution in [0.4, 0.5) is 0 Å². The maximum absolute atomic E-state index is 5.18. The summed E-state index contributed by atoms with van der Waals surface area (Å²) < 4.78 is 5.18. The molecule has 0 aliphatic carbocycles. The summed E-state index contributed by atoms with van der Waals surface area (Å²) in [7, 11) is 1.66. The number of piperidine rings is 1. The third-order valence-electron chi connectivity index (χ3n) is 3.71. The van der Waals surface area contributed by atoms with E-state index in [0.717, 1.165) is 25.3 Å². The highest BCUT2D eigenvalue weighted by molar-refractivity contribution is 5.15. The lowest BCUT2D eigenvalue weighted by atomic mass is 10.0. The lowest BCUT2D eigenvalue weighted by Gasteiger charge is -2.29. The van der Waals surface area contributed by atoms with Gasteiger partial charge in [0, 0.05) is 25.2 Å². The van der Waals surface area contributed by atoms with Crippen LogP contribution in [0.5, 0.6) is 5.88 Å². The molecule has 1 fully saturated rings. The van der Waals surface area contributed by atoms with Crippen LogP contribution in [0.25, 0.3) is 0 Å². The van der Waals surface area contributed by atoms with Crippen LogP contribution in [0.15, 0.2) is 18.2 Å². The highest BCUT2D eigenvalue weighted by atomic mass is 16.5. The van der Waals surface area contributed by atoms with Crippen LogP contribution in [0.1, 0.15) is 31.9 Å². The topological polar surface area (TPSA) is 37.4 Å². The monoisotopic (exact) mass is 263 g/mol. The van der Waals surface area contributed by atoms with Crippen LogP contribution in [-0.2, 0) is 6.54 Å². The molecule has 2 rings (SSSR count). The highest BCUT2D eigenvalue weighted by Crippen LogP contribution is 2.12. The van der Waals surface area contributed by atoms with Gasteiger partial charge in [0.25, 0.3) is 0 Å². The van der Waals surface area contributed by atoms with Gasteiger partial charge in [0.1, 0.15) is 0 Å². The third-order valence-corrected chi connectivity index (χ3v) is 3.71. The minimum absolute atomic E-state index is 0.638. The summed E-state index contributed by atoms with van der Waals surface area (Å²) in [6.45, 7) is 6.43. The number of ether oxygens (including phenoxy) is 1. The Morgan fingerprint density at radius 3 is 3.00 bits per heavy atom. The largest absolute Gasteiger partial charge is 0.481 e. The molecular weight excluding hydrogens is 238 g/mol. The Balaban J connectivity index is 1.90. The SMILES string of the molecule is CCN(Cc1cccc(OC)n1)CC1CCCCN1. The molecule has 1 aliphatic heterocycles. The van der Waals surface area contributed by atoms with E-state index in [1.165, 1.54) is 25.8 Å². The van der Waals surface area contributed by atoms with Gasteiger partial charge in [-0.2, -0.15) is 0 Å². The molecule has 1 atom stereocenters. The Hall–Kier alpha value is -1.13. The fraction of sp³-hybridized carbons (Fsp3) is 0.667. The maximum Gasteiger partial charge on any atom is 0.213 e. The van der Waals surface area contributed by atoms with Crippen molar-refractivity contribution < 1.29 is 4.74 Å². The van der Waals surface area contributed by atoms with Crippen molar-refractivity contribution in [2.24, 2.45) is 0 Å². The lowest BCUT2D eigenvalue weighted by Crippen LogP contribution is -2.43. The summed E-state index contributed by atoms with van der Waals surface area (Å²) in [4.78, 5) is 6.94. The van der Waals surface area contributed by atoms with Gasteiger partial charge in [-0.3, -0.25) is 4.90 Å². The highest BCUT2D eigenvalue weighted by Gasteiger charge is 2.16. The predicted molar refractivity (Wildman–Crippen MR) is 77.4 cm³/mol. The van der Waals surface area contributed by atoms with E-state index in [0.29, 0.717) is 11.9 Å². The molecule has 1 unspecified atom stereocenters. The van der Waals surface area contributed by atoms with E-state index in [9.17, 15) is 0 Å². The lowest BCUT2D eigenvalue weighted by molar-refractivity contribution is 0.223. The van der Waals surface area contributed by atoms with Crippen molar-refractivity contribution in [3.8, 4) is 5.88 Å². The van der Waals surface area contributed by atoms with Gasteiger partial charge in [-0.25, -0.2) is 4.98 Å². The standard InChI is InChI=1S/C15H25N3O/c1-3-18(11-13-7-4-5-10-16-13)12-14-8-6-9-15(17-14)19-2/h6,8-9,13,16H,3-5,7,10-12H2,1-2H3. The molecule has 1 aromatic rings. The van der Waals surface area contributed by atoms with E-state index in [4.69, 9.17) is 4.74 Å². The first-order valence-electron chi connectivity index (χ1n) is 7.27. The van der Waals surface area contributed by atoms with Crippen LogP contribution in [0.2, 0.25) is 0 Å². The molecule has 1 aromatic heterocycles. The zero-order chi connectivity index (χ0) is 13.5. The third kappa shape index (κ3) is 4.48. The van der Waals surface area contributed by atoms with E-state index < -0.39 is 0 Å². The average molecular weight is 263 g/mol. The Morgan fingerprint density at radius 2 is 2.32 bits per heavy atom. The molecule has 0 saturated carbocycles. The summed E-state index contributed by atoms with van der Waals surface area (Å²) in [5.74, 6) is 0.698. The van der Waals surface area contributed by atoms with Crippen molar-refractivity contribution >= 4 is 0 Å². The molecule has 1 N–H and O–H groups in total. The van der Waals surface area contributed by atoms with Crippen molar-refractivity contribution in [3.05, 3.63) is 23.9 Å². The molecule has 106 valence electrons. The Labute approximate surface area is 116 Å². The molecule has 0 aromatic carbocycles. The van der Waals surface area contributed by atoms with Crippen LogP contribution >= 0.6 is 0 Å². The van der Waals surface area contributed by atoms with Crippen molar-refractivity contribution in [2.45, 2.75) is 38.8 Å². The minimum Gasteiger partial charge on any atom is -0.481 e. The van der Waals surface area contributed by atoms with E-state index in [-0.39, 0.29) is 0 Å². The predicted octanol–water partition coefficient (Wildman–Crippen LogP) is 2.05. The van der Waals surface area contributed by atoms with E-state index in [2.05, 4.69) is 28.2 Å². The molecule has 0 bridgehead atoms. The molecule has 4 heteroatoms.